The molecule has 0 aromatic heterocycles. The predicted octanol–water partition coefficient (Wildman–Crippen LogP) is 2.30. The van der Waals surface area contributed by atoms with Crippen LogP contribution in [0.3, 0.4) is 0 Å². The summed E-state index contributed by atoms with van der Waals surface area (Å²) in [4.78, 5) is 26.7. The minimum absolute atomic E-state index is 0.0834. The average Bonchev–Trinajstić information content (AvgIpc) is 3.04. The second-order valence-electron chi connectivity index (χ2n) is 7.37. The number of amides is 2. The van der Waals surface area contributed by atoms with E-state index in [1.165, 1.54) is 0 Å². The number of aryl methyl sites for hydroxylation is 1. The standard InChI is InChI=1S/C21H25N3O4S/c1-15-8-9-16(21(26)22-17-6-4-3-5-7-17)12-19(15)23-20(25)13-24(2)18-10-11-29(27,28)14-18/h3-9,12,18H,10-11,13-14H2,1-2H3,(H,22,26)(H,23,25). The first-order chi connectivity index (χ1) is 13.7. The van der Waals surface area contributed by atoms with Gasteiger partial charge in [-0.3, -0.25) is 14.5 Å². The fourth-order valence-corrected chi connectivity index (χ4v) is 5.10. The maximum atomic E-state index is 12.5. The molecule has 0 aliphatic carbocycles. The normalized spacial score (nSPS) is 17.8. The number of hydrogen-bond acceptors (Lipinski definition) is 5. The van der Waals surface area contributed by atoms with Gasteiger partial charge in [-0.25, -0.2) is 8.42 Å². The molecule has 2 amide bonds. The highest BCUT2D eigenvalue weighted by molar-refractivity contribution is 7.91. The summed E-state index contributed by atoms with van der Waals surface area (Å²) in [6.45, 7) is 1.93. The molecule has 1 aliphatic heterocycles. The highest BCUT2D eigenvalue weighted by Crippen LogP contribution is 2.20. The van der Waals surface area contributed by atoms with Gasteiger partial charge in [0.15, 0.2) is 9.84 Å². The lowest BCUT2D eigenvalue weighted by molar-refractivity contribution is -0.117. The quantitative estimate of drug-likeness (QED) is 0.755. The first-order valence-electron chi connectivity index (χ1n) is 9.41. The number of sulfone groups is 1. The number of hydrogen-bond donors (Lipinski definition) is 2. The summed E-state index contributed by atoms with van der Waals surface area (Å²) in [5.74, 6) is -0.257. The molecule has 2 aromatic carbocycles. The molecule has 1 heterocycles. The highest BCUT2D eigenvalue weighted by Gasteiger charge is 2.31. The number of nitrogens with zero attached hydrogens (tertiary/aromatic N) is 1. The minimum atomic E-state index is -3.00. The van der Waals surface area contributed by atoms with E-state index in [1.54, 1.807) is 42.3 Å². The number of benzene rings is 2. The molecule has 2 aromatic rings. The van der Waals surface area contributed by atoms with Crippen LogP contribution in [0, 0.1) is 6.92 Å². The van der Waals surface area contributed by atoms with E-state index in [4.69, 9.17) is 0 Å². The fraction of sp³-hybridized carbons (Fsp3) is 0.333. The van der Waals surface area contributed by atoms with Gasteiger partial charge in [-0.2, -0.15) is 0 Å². The summed E-state index contributed by atoms with van der Waals surface area (Å²) in [7, 11) is -1.25. The van der Waals surface area contributed by atoms with E-state index in [2.05, 4.69) is 10.6 Å². The van der Waals surface area contributed by atoms with Crippen LogP contribution in [0.1, 0.15) is 22.3 Å². The number of anilines is 2. The largest absolute Gasteiger partial charge is 0.325 e. The van der Waals surface area contributed by atoms with Crippen molar-refractivity contribution in [3.05, 3.63) is 59.7 Å². The van der Waals surface area contributed by atoms with Crippen molar-refractivity contribution in [1.29, 1.82) is 0 Å². The van der Waals surface area contributed by atoms with Gasteiger partial charge in [0.05, 0.1) is 18.1 Å². The average molecular weight is 416 g/mol. The molecule has 2 N–H and O–H groups in total. The van der Waals surface area contributed by atoms with E-state index in [1.807, 2.05) is 25.1 Å². The zero-order chi connectivity index (χ0) is 21.0. The molecule has 154 valence electrons. The number of likely N-dealkylation sites (N-methyl/N-ethyl adjacent to an activating group) is 1. The summed E-state index contributed by atoms with van der Waals surface area (Å²) in [5, 5.41) is 5.65. The molecule has 7 nitrogen and oxygen atoms in total. The van der Waals surface area contributed by atoms with Crippen molar-refractivity contribution >= 4 is 33.0 Å². The third-order valence-electron chi connectivity index (χ3n) is 5.03. The number of carbonyl (C=O) groups is 2. The Hall–Kier alpha value is -2.71. The Kier molecular flexibility index (Phi) is 6.34. The molecule has 1 saturated heterocycles. The molecule has 0 spiro atoms. The van der Waals surface area contributed by atoms with Crippen molar-refractivity contribution in [3.8, 4) is 0 Å². The molecule has 3 rings (SSSR count). The topological polar surface area (TPSA) is 95.6 Å². The lowest BCUT2D eigenvalue weighted by Crippen LogP contribution is -2.38. The summed E-state index contributed by atoms with van der Waals surface area (Å²) >= 11 is 0. The van der Waals surface area contributed by atoms with Gasteiger partial charge in [0.1, 0.15) is 0 Å². The Bertz CT molecular complexity index is 1010. The minimum Gasteiger partial charge on any atom is -0.325 e. The van der Waals surface area contributed by atoms with Crippen LogP contribution in [0.2, 0.25) is 0 Å². The van der Waals surface area contributed by atoms with E-state index in [0.29, 0.717) is 23.4 Å². The van der Waals surface area contributed by atoms with Crippen molar-refractivity contribution in [1.82, 2.24) is 4.90 Å². The zero-order valence-electron chi connectivity index (χ0n) is 16.5. The summed E-state index contributed by atoms with van der Waals surface area (Å²) in [6, 6.07) is 14.1. The van der Waals surface area contributed by atoms with Crippen molar-refractivity contribution < 1.29 is 18.0 Å². The smallest absolute Gasteiger partial charge is 0.255 e. The van der Waals surface area contributed by atoms with Crippen LogP contribution in [0.15, 0.2) is 48.5 Å². The van der Waals surface area contributed by atoms with Crippen molar-refractivity contribution in [3.63, 3.8) is 0 Å². The number of nitrogens with one attached hydrogen (secondary N) is 2. The van der Waals surface area contributed by atoms with Crippen LogP contribution in [0.5, 0.6) is 0 Å². The molecule has 0 radical (unpaired) electrons. The van der Waals surface area contributed by atoms with Gasteiger partial charge in [-0.15, -0.1) is 0 Å². The Morgan fingerprint density at radius 3 is 2.48 bits per heavy atom. The van der Waals surface area contributed by atoms with Crippen LogP contribution in [-0.4, -0.2) is 56.3 Å². The maximum absolute atomic E-state index is 12.5. The molecule has 1 unspecified atom stereocenters. The highest BCUT2D eigenvalue weighted by atomic mass is 32.2. The summed E-state index contributed by atoms with van der Waals surface area (Å²) in [6.07, 6.45) is 0.542. The molecule has 8 heteroatoms. The van der Waals surface area contributed by atoms with Gasteiger partial charge >= 0.3 is 0 Å². The van der Waals surface area contributed by atoms with Gasteiger partial charge in [0, 0.05) is 23.0 Å². The molecule has 0 bridgehead atoms. The fourth-order valence-electron chi connectivity index (χ4n) is 3.29. The lowest BCUT2D eigenvalue weighted by Gasteiger charge is -2.22. The van der Waals surface area contributed by atoms with Crippen molar-refractivity contribution in [2.24, 2.45) is 0 Å². The molecular weight excluding hydrogens is 390 g/mol. The Morgan fingerprint density at radius 2 is 1.83 bits per heavy atom. The summed E-state index contributed by atoms with van der Waals surface area (Å²) in [5.41, 5.74) is 2.52. The van der Waals surface area contributed by atoms with Gasteiger partial charge in [0.2, 0.25) is 5.91 Å². The second-order valence-corrected chi connectivity index (χ2v) is 9.60. The Labute approximate surface area is 171 Å². The SMILES string of the molecule is Cc1ccc(C(=O)Nc2ccccc2)cc1NC(=O)CN(C)C1CCS(=O)(=O)C1. The van der Waals surface area contributed by atoms with Gasteiger partial charge in [-0.1, -0.05) is 24.3 Å². The third kappa shape index (κ3) is 5.65. The van der Waals surface area contributed by atoms with E-state index in [-0.39, 0.29) is 35.9 Å². The van der Waals surface area contributed by atoms with Gasteiger partial charge in [-0.05, 0) is 50.2 Å². The predicted molar refractivity (Wildman–Crippen MR) is 114 cm³/mol. The monoisotopic (exact) mass is 415 g/mol. The van der Waals surface area contributed by atoms with Crippen LogP contribution >= 0.6 is 0 Å². The Morgan fingerprint density at radius 1 is 1.10 bits per heavy atom. The third-order valence-corrected chi connectivity index (χ3v) is 6.78. The van der Waals surface area contributed by atoms with E-state index < -0.39 is 9.84 Å². The number of carbonyl (C=O) groups excluding carboxylic acids is 2. The van der Waals surface area contributed by atoms with E-state index in [9.17, 15) is 18.0 Å². The molecule has 29 heavy (non-hydrogen) atoms. The van der Waals surface area contributed by atoms with Gasteiger partial charge < -0.3 is 10.6 Å². The molecule has 1 fully saturated rings. The van der Waals surface area contributed by atoms with Crippen LogP contribution < -0.4 is 10.6 Å². The van der Waals surface area contributed by atoms with Gasteiger partial charge in [0.25, 0.3) is 5.91 Å². The molecule has 1 aliphatic rings. The molecule has 1 atom stereocenters. The first kappa shape index (κ1) is 21.0. The first-order valence-corrected chi connectivity index (χ1v) is 11.2. The number of rotatable bonds is 6. The van der Waals surface area contributed by atoms with E-state index in [0.717, 1.165) is 5.56 Å². The van der Waals surface area contributed by atoms with Crippen LogP contribution in [0.4, 0.5) is 11.4 Å². The second kappa shape index (κ2) is 8.75. The van der Waals surface area contributed by atoms with Crippen molar-refractivity contribution in [2.75, 3.05) is 35.7 Å². The van der Waals surface area contributed by atoms with Crippen molar-refractivity contribution in [2.45, 2.75) is 19.4 Å². The van der Waals surface area contributed by atoms with Crippen LogP contribution in [-0.2, 0) is 14.6 Å². The Balaban J connectivity index is 1.63. The maximum Gasteiger partial charge on any atom is 0.255 e. The summed E-state index contributed by atoms with van der Waals surface area (Å²) < 4.78 is 23.3. The molecule has 0 saturated carbocycles. The van der Waals surface area contributed by atoms with E-state index >= 15 is 0 Å². The zero-order valence-corrected chi connectivity index (χ0v) is 17.3. The number of para-hydroxylation sites is 1. The lowest BCUT2D eigenvalue weighted by atomic mass is 10.1. The van der Waals surface area contributed by atoms with Crippen LogP contribution in [0.25, 0.3) is 0 Å². The molecular formula is C21H25N3O4S.